The third-order valence-corrected chi connectivity index (χ3v) is 9.74. The Morgan fingerprint density at radius 1 is 1.19 bits per heavy atom. The fourth-order valence-electron chi connectivity index (χ4n) is 7.57. The van der Waals surface area contributed by atoms with Gasteiger partial charge >= 0.3 is 5.97 Å². The Bertz CT molecular complexity index is 1410. The Morgan fingerprint density at radius 3 is 2.55 bits per heavy atom. The number of likely N-dealkylation sites (tertiary alicyclic amines) is 1. The number of fused-ring (bicyclic) bond motifs is 2. The second kappa shape index (κ2) is 11.3. The first-order valence-corrected chi connectivity index (χ1v) is 14.9. The van der Waals surface area contributed by atoms with E-state index in [1.807, 2.05) is 70.2 Å². The Kier molecular flexibility index (Phi) is 8.07. The summed E-state index contributed by atoms with van der Waals surface area (Å²) in [6.45, 7) is 15.3. The van der Waals surface area contributed by atoms with Crippen molar-refractivity contribution in [1.29, 1.82) is 0 Å². The molecule has 2 aromatic rings. The van der Waals surface area contributed by atoms with Crippen LogP contribution in [0.3, 0.4) is 0 Å². The molecular formula is C34H42N2O6. The summed E-state index contributed by atoms with van der Waals surface area (Å²) in [7, 11) is 0. The number of ether oxygens (including phenoxy) is 2. The fourth-order valence-corrected chi connectivity index (χ4v) is 7.57. The number of hydrogen-bond acceptors (Lipinski definition) is 6. The number of carbonyl (C=O) groups excluding carboxylic acids is 3. The van der Waals surface area contributed by atoms with E-state index in [1.165, 1.54) is 4.90 Å². The maximum atomic E-state index is 14.9. The molecule has 3 fully saturated rings. The van der Waals surface area contributed by atoms with E-state index >= 15 is 0 Å². The molecule has 3 saturated heterocycles. The first-order valence-electron chi connectivity index (χ1n) is 14.9. The van der Waals surface area contributed by atoms with Crippen molar-refractivity contribution in [3.8, 4) is 0 Å². The summed E-state index contributed by atoms with van der Waals surface area (Å²) < 4.78 is 12.5. The predicted molar refractivity (Wildman–Crippen MR) is 162 cm³/mol. The number of aliphatic hydroxyl groups excluding tert-OH is 1. The van der Waals surface area contributed by atoms with Gasteiger partial charge in [0, 0.05) is 12.2 Å². The van der Waals surface area contributed by atoms with Crippen LogP contribution >= 0.6 is 0 Å². The second-order valence-electron chi connectivity index (χ2n) is 12.5. The molecule has 7 atom stereocenters. The van der Waals surface area contributed by atoms with Crippen molar-refractivity contribution in [1.82, 2.24) is 4.90 Å². The van der Waals surface area contributed by atoms with Gasteiger partial charge in [-0.15, -0.1) is 13.2 Å². The van der Waals surface area contributed by atoms with Gasteiger partial charge < -0.3 is 24.4 Å². The highest BCUT2D eigenvalue weighted by Gasteiger charge is 2.81. The number of benzene rings is 2. The molecule has 2 bridgehead atoms. The molecule has 1 N–H and O–H groups in total. The van der Waals surface area contributed by atoms with Crippen LogP contribution in [0, 0.1) is 23.7 Å². The van der Waals surface area contributed by atoms with Gasteiger partial charge in [-0.25, -0.2) is 0 Å². The molecule has 2 aromatic carbocycles. The summed E-state index contributed by atoms with van der Waals surface area (Å²) in [5.74, 6) is -3.22. The average Bonchev–Trinajstić information content (AvgIpc) is 3.48. The van der Waals surface area contributed by atoms with Crippen LogP contribution in [0.25, 0.3) is 10.8 Å². The van der Waals surface area contributed by atoms with Crippen molar-refractivity contribution in [2.75, 3.05) is 24.7 Å². The zero-order chi connectivity index (χ0) is 30.4. The van der Waals surface area contributed by atoms with Crippen LogP contribution in [0.1, 0.15) is 40.5 Å². The van der Waals surface area contributed by atoms with Gasteiger partial charge in [-0.1, -0.05) is 63.3 Å². The second-order valence-corrected chi connectivity index (χ2v) is 12.5. The van der Waals surface area contributed by atoms with Gasteiger partial charge in [-0.2, -0.15) is 0 Å². The molecule has 5 rings (SSSR count). The van der Waals surface area contributed by atoms with E-state index in [0.717, 1.165) is 10.8 Å². The molecular weight excluding hydrogens is 532 g/mol. The molecule has 3 unspecified atom stereocenters. The van der Waals surface area contributed by atoms with Crippen molar-refractivity contribution in [3.63, 3.8) is 0 Å². The highest BCUT2D eigenvalue weighted by Crippen LogP contribution is 2.66. The van der Waals surface area contributed by atoms with E-state index in [9.17, 15) is 19.5 Å². The Labute approximate surface area is 248 Å². The van der Waals surface area contributed by atoms with Crippen LogP contribution in [0.4, 0.5) is 5.69 Å². The van der Waals surface area contributed by atoms with Crippen LogP contribution < -0.4 is 4.90 Å². The van der Waals surface area contributed by atoms with Gasteiger partial charge in [-0.3, -0.25) is 14.4 Å². The van der Waals surface area contributed by atoms with Crippen molar-refractivity contribution < 1.29 is 29.0 Å². The highest BCUT2D eigenvalue weighted by molar-refractivity contribution is 6.06. The molecule has 0 saturated carbocycles. The average molecular weight is 575 g/mol. The number of carbonyl (C=O) groups is 3. The summed E-state index contributed by atoms with van der Waals surface area (Å²) in [6.07, 6.45) is 4.25. The monoisotopic (exact) mass is 574 g/mol. The normalized spacial score (nSPS) is 30.4. The fraction of sp³-hybridized carbons (Fsp3) is 0.500. The highest BCUT2D eigenvalue weighted by atomic mass is 16.6. The van der Waals surface area contributed by atoms with E-state index in [1.54, 1.807) is 17.1 Å². The molecule has 0 radical (unpaired) electrons. The minimum Gasteiger partial charge on any atom is -0.465 e. The Morgan fingerprint density at radius 2 is 1.90 bits per heavy atom. The summed E-state index contributed by atoms with van der Waals surface area (Å²) in [4.78, 5) is 46.2. The van der Waals surface area contributed by atoms with Gasteiger partial charge in [0.1, 0.15) is 17.6 Å². The number of esters is 1. The minimum absolute atomic E-state index is 0.117. The summed E-state index contributed by atoms with van der Waals surface area (Å²) in [5, 5.41) is 12.5. The van der Waals surface area contributed by atoms with Crippen LogP contribution in [-0.4, -0.2) is 70.8 Å². The van der Waals surface area contributed by atoms with E-state index < -0.39 is 41.1 Å². The molecule has 0 aromatic heterocycles. The lowest BCUT2D eigenvalue weighted by Crippen LogP contribution is -2.60. The maximum absolute atomic E-state index is 14.9. The first kappa shape index (κ1) is 30.0. The smallest absolute Gasteiger partial charge is 0.312 e. The van der Waals surface area contributed by atoms with Crippen LogP contribution in [0.15, 0.2) is 67.8 Å². The van der Waals surface area contributed by atoms with Crippen molar-refractivity contribution in [2.24, 2.45) is 23.7 Å². The van der Waals surface area contributed by atoms with Gasteiger partial charge in [0.15, 0.2) is 0 Å². The number of hydrogen-bond donors (Lipinski definition) is 1. The van der Waals surface area contributed by atoms with E-state index in [-0.39, 0.29) is 43.4 Å². The minimum atomic E-state index is -1.25. The van der Waals surface area contributed by atoms with Crippen molar-refractivity contribution >= 4 is 34.2 Å². The number of amides is 2. The topological polar surface area (TPSA) is 96.4 Å². The molecule has 2 amide bonds. The summed E-state index contributed by atoms with van der Waals surface area (Å²) in [6, 6.07) is 12.0. The number of aliphatic hydroxyl groups is 1. The van der Waals surface area contributed by atoms with Gasteiger partial charge in [-0.05, 0) is 54.5 Å². The Balaban J connectivity index is 1.64. The molecule has 0 aliphatic carbocycles. The van der Waals surface area contributed by atoms with Crippen molar-refractivity contribution in [3.05, 3.63) is 67.8 Å². The third-order valence-electron chi connectivity index (χ3n) is 9.74. The Hall–Kier alpha value is -3.49. The zero-order valence-corrected chi connectivity index (χ0v) is 25.0. The standard InChI is InChI=1S/C34H42N2O6/c1-7-9-17-41-32(40)28-27-30(38)36(26(20-37)21(3)4)29(34(27)19-22(5)33(28,6)42-34)31(39)35(16-8-2)25-15-14-23-12-10-11-13-24(23)18-25/h7-8,10-15,18,21-22,26-29,37H,1-2,9,16-17,19-20H2,3-6H3/t22?,26-,27-,28-,29?,33+,34?/m0/s1. The largest absolute Gasteiger partial charge is 0.465 e. The SMILES string of the molecule is C=CCCOC(=O)[C@@H]1[C@H]2C(=O)N([C@@H](CO)C(C)C)C(C(=O)N(CC=C)c3ccc4ccccc4c3)C23CC(C)[C@@]1(C)O3. The summed E-state index contributed by atoms with van der Waals surface area (Å²) in [5.41, 5.74) is -1.55. The molecule has 224 valence electrons. The lowest BCUT2D eigenvalue weighted by atomic mass is 9.62. The molecule has 42 heavy (non-hydrogen) atoms. The molecule has 8 heteroatoms. The van der Waals surface area contributed by atoms with E-state index in [4.69, 9.17) is 9.47 Å². The molecule has 3 aliphatic heterocycles. The quantitative estimate of drug-likeness (QED) is 0.241. The van der Waals surface area contributed by atoms with Gasteiger partial charge in [0.05, 0.1) is 30.8 Å². The molecule has 8 nitrogen and oxygen atoms in total. The number of nitrogens with zero attached hydrogens (tertiary/aromatic N) is 2. The van der Waals surface area contributed by atoms with Gasteiger partial charge in [0.25, 0.3) is 5.91 Å². The molecule has 3 aliphatic rings. The lowest BCUT2D eigenvalue weighted by molar-refractivity contribution is -0.162. The number of anilines is 1. The van der Waals surface area contributed by atoms with Gasteiger partial charge in [0.2, 0.25) is 5.91 Å². The predicted octanol–water partition coefficient (Wildman–Crippen LogP) is 4.51. The molecule has 1 spiro atoms. The maximum Gasteiger partial charge on any atom is 0.312 e. The van der Waals surface area contributed by atoms with Crippen LogP contribution in [0.5, 0.6) is 0 Å². The lowest BCUT2D eigenvalue weighted by Gasteiger charge is -2.40. The zero-order valence-electron chi connectivity index (χ0n) is 25.0. The van der Waals surface area contributed by atoms with Crippen LogP contribution in [-0.2, 0) is 23.9 Å². The molecule has 3 heterocycles. The van der Waals surface area contributed by atoms with E-state index in [0.29, 0.717) is 18.5 Å². The van der Waals surface area contributed by atoms with Crippen molar-refractivity contribution in [2.45, 2.75) is 63.8 Å². The van der Waals surface area contributed by atoms with Crippen LogP contribution in [0.2, 0.25) is 0 Å². The third kappa shape index (κ3) is 4.47. The summed E-state index contributed by atoms with van der Waals surface area (Å²) >= 11 is 0. The van der Waals surface area contributed by atoms with E-state index in [2.05, 4.69) is 13.2 Å². The first-order chi connectivity index (χ1) is 20.0. The number of rotatable bonds is 11.